The highest BCUT2D eigenvalue weighted by Crippen LogP contribution is 2.23. The lowest BCUT2D eigenvalue weighted by molar-refractivity contribution is -0.123. The monoisotopic (exact) mass is 354 g/mol. The molecule has 2 aromatic rings. The van der Waals surface area contributed by atoms with Crippen molar-refractivity contribution in [2.75, 3.05) is 13.7 Å². The van der Waals surface area contributed by atoms with Gasteiger partial charge < -0.3 is 15.4 Å². The largest absolute Gasteiger partial charge is 0.484 e. The van der Waals surface area contributed by atoms with E-state index in [1.165, 1.54) is 5.56 Å². The maximum atomic E-state index is 12.0. The highest BCUT2D eigenvalue weighted by molar-refractivity contribution is 5.93. The quantitative estimate of drug-likeness (QED) is 0.802. The Morgan fingerprint density at radius 2 is 1.77 bits per heavy atom. The molecule has 2 aromatic carbocycles. The fraction of sp³-hybridized carbons (Fsp3) is 0.333. The summed E-state index contributed by atoms with van der Waals surface area (Å²) in [6.45, 7) is 6.71. The molecule has 2 N–H and O–H groups in total. The maximum Gasteiger partial charge on any atom is 0.258 e. The van der Waals surface area contributed by atoms with Crippen molar-refractivity contribution in [3.05, 3.63) is 64.7 Å². The Morgan fingerprint density at radius 1 is 1.08 bits per heavy atom. The minimum Gasteiger partial charge on any atom is -0.484 e. The van der Waals surface area contributed by atoms with Crippen LogP contribution in [0.5, 0.6) is 5.75 Å². The third-order valence-corrected chi connectivity index (χ3v) is 4.17. The van der Waals surface area contributed by atoms with Crippen molar-refractivity contribution >= 4 is 11.8 Å². The van der Waals surface area contributed by atoms with Crippen LogP contribution in [-0.2, 0) is 11.3 Å². The second kappa shape index (κ2) is 9.04. The molecule has 0 atom stereocenters. The van der Waals surface area contributed by atoms with Crippen LogP contribution < -0.4 is 15.4 Å². The van der Waals surface area contributed by atoms with Crippen LogP contribution in [-0.4, -0.2) is 25.5 Å². The molecular formula is C21H26N2O3. The normalized spacial score (nSPS) is 10.5. The number of hydrogen-bond donors (Lipinski definition) is 2. The van der Waals surface area contributed by atoms with Crippen LogP contribution in [0.15, 0.2) is 42.5 Å². The molecule has 0 aromatic heterocycles. The zero-order valence-corrected chi connectivity index (χ0v) is 15.8. The Kier molecular flexibility index (Phi) is 6.78. The molecule has 0 spiro atoms. The molecule has 5 heteroatoms. The zero-order chi connectivity index (χ0) is 19.1. The average Bonchev–Trinajstić information content (AvgIpc) is 2.64. The summed E-state index contributed by atoms with van der Waals surface area (Å²) in [6.07, 6.45) is 0. The lowest BCUT2D eigenvalue weighted by atomic mass is 9.98. The molecule has 2 rings (SSSR count). The summed E-state index contributed by atoms with van der Waals surface area (Å²) in [5.74, 6) is 0.831. The van der Waals surface area contributed by atoms with E-state index < -0.39 is 0 Å². The van der Waals surface area contributed by atoms with Crippen LogP contribution in [0.4, 0.5) is 0 Å². The summed E-state index contributed by atoms with van der Waals surface area (Å²) in [4.78, 5) is 23.5. The lowest BCUT2D eigenvalue weighted by Gasteiger charge is -2.12. The van der Waals surface area contributed by atoms with E-state index in [4.69, 9.17) is 4.74 Å². The van der Waals surface area contributed by atoms with Crippen molar-refractivity contribution in [1.82, 2.24) is 10.6 Å². The van der Waals surface area contributed by atoms with Gasteiger partial charge in [0.15, 0.2) is 6.61 Å². The van der Waals surface area contributed by atoms with Crippen molar-refractivity contribution in [3.8, 4) is 5.75 Å². The van der Waals surface area contributed by atoms with Crippen molar-refractivity contribution in [2.45, 2.75) is 33.2 Å². The van der Waals surface area contributed by atoms with Gasteiger partial charge in [-0.2, -0.15) is 0 Å². The number of hydrogen-bond acceptors (Lipinski definition) is 3. The first-order valence-corrected chi connectivity index (χ1v) is 8.71. The number of rotatable bonds is 7. The molecule has 0 aliphatic rings. The number of ether oxygens (including phenoxy) is 1. The Bertz CT molecular complexity index is 767. The SMILES string of the molecule is CNC(=O)c1ccc(CNC(=O)COc2ccc(C(C)C)c(C)c2)cc1. The fourth-order valence-electron chi connectivity index (χ4n) is 2.70. The molecule has 0 heterocycles. The van der Waals surface area contributed by atoms with Crippen LogP contribution in [0.3, 0.4) is 0 Å². The Labute approximate surface area is 154 Å². The van der Waals surface area contributed by atoms with Gasteiger partial charge in [0.1, 0.15) is 5.75 Å². The van der Waals surface area contributed by atoms with Gasteiger partial charge in [-0.15, -0.1) is 0 Å². The van der Waals surface area contributed by atoms with E-state index in [0.29, 0.717) is 23.8 Å². The first kappa shape index (κ1) is 19.5. The molecular weight excluding hydrogens is 328 g/mol. The van der Waals surface area contributed by atoms with Crippen molar-refractivity contribution < 1.29 is 14.3 Å². The Hall–Kier alpha value is -2.82. The minimum absolute atomic E-state index is 0.0310. The summed E-state index contributed by atoms with van der Waals surface area (Å²) < 4.78 is 5.57. The van der Waals surface area contributed by atoms with E-state index in [1.54, 1.807) is 19.2 Å². The molecule has 0 aliphatic carbocycles. The molecule has 0 aliphatic heterocycles. The number of benzene rings is 2. The van der Waals surface area contributed by atoms with E-state index >= 15 is 0 Å². The fourth-order valence-corrected chi connectivity index (χ4v) is 2.70. The Balaban J connectivity index is 1.82. The predicted octanol–water partition coefficient (Wildman–Crippen LogP) is 3.17. The summed E-state index contributed by atoms with van der Waals surface area (Å²) in [6, 6.07) is 13.0. The maximum absolute atomic E-state index is 12.0. The van der Waals surface area contributed by atoms with Gasteiger partial charge in [-0.1, -0.05) is 32.0 Å². The van der Waals surface area contributed by atoms with Crippen LogP contribution in [0.25, 0.3) is 0 Å². The molecule has 0 radical (unpaired) electrons. The van der Waals surface area contributed by atoms with E-state index in [0.717, 1.165) is 11.1 Å². The first-order valence-electron chi connectivity index (χ1n) is 8.71. The van der Waals surface area contributed by atoms with Crippen molar-refractivity contribution in [2.24, 2.45) is 0 Å². The third kappa shape index (κ3) is 5.34. The van der Waals surface area contributed by atoms with E-state index in [9.17, 15) is 9.59 Å². The van der Waals surface area contributed by atoms with Gasteiger partial charge in [0, 0.05) is 19.2 Å². The van der Waals surface area contributed by atoms with Crippen LogP contribution in [0, 0.1) is 6.92 Å². The van der Waals surface area contributed by atoms with Gasteiger partial charge >= 0.3 is 0 Å². The topological polar surface area (TPSA) is 67.4 Å². The third-order valence-electron chi connectivity index (χ3n) is 4.17. The van der Waals surface area contributed by atoms with E-state index in [-0.39, 0.29) is 18.4 Å². The number of carbonyl (C=O) groups excluding carboxylic acids is 2. The van der Waals surface area contributed by atoms with Gasteiger partial charge in [0.2, 0.25) is 0 Å². The molecule has 0 bridgehead atoms. The molecule has 2 amide bonds. The minimum atomic E-state index is -0.189. The second-order valence-electron chi connectivity index (χ2n) is 6.51. The van der Waals surface area contributed by atoms with Gasteiger partial charge in [0.25, 0.3) is 11.8 Å². The lowest BCUT2D eigenvalue weighted by Crippen LogP contribution is -2.28. The number of nitrogens with one attached hydrogen (secondary N) is 2. The molecule has 138 valence electrons. The van der Waals surface area contributed by atoms with Crippen LogP contribution >= 0.6 is 0 Å². The number of aryl methyl sites for hydroxylation is 1. The number of carbonyl (C=O) groups is 2. The molecule has 0 unspecified atom stereocenters. The van der Waals surface area contributed by atoms with Gasteiger partial charge in [-0.3, -0.25) is 9.59 Å². The highest BCUT2D eigenvalue weighted by Gasteiger charge is 2.07. The Morgan fingerprint density at radius 3 is 2.35 bits per heavy atom. The summed E-state index contributed by atoms with van der Waals surface area (Å²) in [7, 11) is 1.59. The van der Waals surface area contributed by atoms with E-state index in [2.05, 4.69) is 24.5 Å². The van der Waals surface area contributed by atoms with Crippen molar-refractivity contribution in [3.63, 3.8) is 0 Å². The second-order valence-corrected chi connectivity index (χ2v) is 6.51. The average molecular weight is 354 g/mol. The first-order chi connectivity index (χ1) is 12.4. The predicted molar refractivity (Wildman–Crippen MR) is 102 cm³/mol. The smallest absolute Gasteiger partial charge is 0.258 e. The molecule has 26 heavy (non-hydrogen) atoms. The highest BCUT2D eigenvalue weighted by atomic mass is 16.5. The van der Waals surface area contributed by atoms with E-state index in [1.807, 2.05) is 37.3 Å². The number of amides is 2. The standard InChI is InChI=1S/C21H26N2O3/c1-14(2)19-10-9-18(11-15(19)3)26-13-20(24)23-12-16-5-7-17(8-6-16)21(25)22-4/h5-11,14H,12-13H2,1-4H3,(H,22,25)(H,23,24). The van der Waals surface area contributed by atoms with Gasteiger partial charge in [0.05, 0.1) is 0 Å². The zero-order valence-electron chi connectivity index (χ0n) is 15.8. The van der Waals surface area contributed by atoms with Crippen LogP contribution in [0.2, 0.25) is 0 Å². The van der Waals surface area contributed by atoms with Gasteiger partial charge in [-0.25, -0.2) is 0 Å². The molecule has 0 saturated heterocycles. The summed E-state index contributed by atoms with van der Waals surface area (Å²) >= 11 is 0. The molecule has 0 saturated carbocycles. The molecule has 5 nitrogen and oxygen atoms in total. The summed E-state index contributed by atoms with van der Waals surface area (Å²) in [5.41, 5.74) is 3.95. The van der Waals surface area contributed by atoms with Crippen LogP contribution in [0.1, 0.15) is 46.8 Å². The summed E-state index contributed by atoms with van der Waals surface area (Å²) in [5, 5.41) is 5.38. The molecule has 0 fully saturated rings. The van der Waals surface area contributed by atoms with Crippen molar-refractivity contribution in [1.29, 1.82) is 0 Å². The van der Waals surface area contributed by atoms with Gasteiger partial charge in [-0.05, 0) is 53.8 Å².